The van der Waals surface area contributed by atoms with Crippen molar-refractivity contribution in [2.75, 3.05) is 41.0 Å². The van der Waals surface area contributed by atoms with E-state index in [9.17, 15) is 19.5 Å². The van der Waals surface area contributed by atoms with Crippen LogP contribution in [0.3, 0.4) is 0 Å². The van der Waals surface area contributed by atoms with Gasteiger partial charge in [0.25, 0.3) is 0 Å². The standard InChI is InChI=1S/C40H77NO7/c1-6-8-10-12-14-16-17-18-19-20-21-23-24-26-28-30-38(42)47-35-36(34-46-33-32-37(40(44)45)41(3,4)5)48-39(43)31-29-27-25-22-15-13-11-9-7-2/h36-37H,6-35H2,1-5H3/p+1. The van der Waals surface area contributed by atoms with E-state index in [1.807, 2.05) is 21.1 Å². The molecule has 48 heavy (non-hydrogen) atoms. The van der Waals surface area contributed by atoms with Crippen LogP contribution in [-0.2, 0) is 28.6 Å². The Labute approximate surface area is 296 Å². The predicted molar refractivity (Wildman–Crippen MR) is 197 cm³/mol. The Morgan fingerprint density at radius 2 is 0.917 bits per heavy atom. The number of unbranched alkanes of at least 4 members (excludes halogenated alkanes) is 22. The van der Waals surface area contributed by atoms with Gasteiger partial charge < -0.3 is 23.8 Å². The number of carboxylic acid groups (broad SMARTS) is 1. The fourth-order valence-corrected chi connectivity index (χ4v) is 6.09. The molecule has 0 bridgehead atoms. The molecule has 0 aromatic rings. The second-order valence-corrected chi connectivity index (χ2v) is 14.9. The van der Waals surface area contributed by atoms with Crippen molar-refractivity contribution in [1.29, 1.82) is 0 Å². The van der Waals surface area contributed by atoms with Crippen LogP contribution in [0.15, 0.2) is 0 Å². The van der Waals surface area contributed by atoms with Crippen LogP contribution in [0.25, 0.3) is 0 Å². The molecule has 1 N–H and O–H groups in total. The molecule has 0 heterocycles. The average Bonchev–Trinajstić information content (AvgIpc) is 3.03. The molecule has 0 saturated carbocycles. The number of rotatable bonds is 36. The van der Waals surface area contributed by atoms with Gasteiger partial charge in [-0.05, 0) is 12.8 Å². The third-order valence-corrected chi connectivity index (χ3v) is 9.26. The van der Waals surface area contributed by atoms with Gasteiger partial charge in [0, 0.05) is 19.3 Å². The lowest BCUT2D eigenvalue weighted by molar-refractivity contribution is -0.887. The minimum atomic E-state index is -0.872. The van der Waals surface area contributed by atoms with E-state index in [0.29, 0.717) is 19.3 Å². The second kappa shape index (κ2) is 32.5. The van der Waals surface area contributed by atoms with E-state index in [0.717, 1.165) is 38.5 Å². The van der Waals surface area contributed by atoms with E-state index in [1.165, 1.54) is 116 Å². The highest BCUT2D eigenvalue weighted by molar-refractivity contribution is 5.72. The first-order valence-electron chi connectivity index (χ1n) is 20.1. The molecular weight excluding hydrogens is 606 g/mol. The van der Waals surface area contributed by atoms with Crippen LogP contribution in [0.1, 0.15) is 187 Å². The average molecular weight is 685 g/mol. The summed E-state index contributed by atoms with van der Waals surface area (Å²) in [5.41, 5.74) is 0. The summed E-state index contributed by atoms with van der Waals surface area (Å²) >= 11 is 0. The minimum absolute atomic E-state index is 0.0429. The van der Waals surface area contributed by atoms with Crippen LogP contribution in [0.5, 0.6) is 0 Å². The summed E-state index contributed by atoms with van der Waals surface area (Å²) < 4.78 is 17.2. The fraction of sp³-hybridized carbons (Fsp3) is 0.925. The summed E-state index contributed by atoms with van der Waals surface area (Å²) in [6.07, 6.45) is 30.0. The number of esters is 2. The van der Waals surface area contributed by atoms with E-state index in [4.69, 9.17) is 14.2 Å². The molecule has 0 aliphatic rings. The zero-order valence-electron chi connectivity index (χ0n) is 32.2. The molecule has 0 aliphatic carbocycles. The number of hydrogen-bond acceptors (Lipinski definition) is 6. The molecule has 284 valence electrons. The molecule has 0 amide bonds. The van der Waals surface area contributed by atoms with Gasteiger partial charge in [0.1, 0.15) is 6.61 Å². The van der Waals surface area contributed by atoms with Gasteiger partial charge in [0.2, 0.25) is 0 Å². The third-order valence-electron chi connectivity index (χ3n) is 9.26. The van der Waals surface area contributed by atoms with Crippen molar-refractivity contribution >= 4 is 17.9 Å². The number of carboxylic acids is 1. The van der Waals surface area contributed by atoms with E-state index in [-0.39, 0.29) is 36.2 Å². The Bertz CT molecular complexity index is 767. The molecule has 0 radical (unpaired) electrons. The zero-order chi connectivity index (χ0) is 35.7. The molecule has 8 heteroatoms. The van der Waals surface area contributed by atoms with Gasteiger partial charge in [-0.3, -0.25) is 9.59 Å². The van der Waals surface area contributed by atoms with E-state index < -0.39 is 18.1 Å². The normalized spacial score (nSPS) is 12.9. The molecule has 8 nitrogen and oxygen atoms in total. The molecule has 0 aromatic carbocycles. The summed E-state index contributed by atoms with van der Waals surface area (Å²) in [5, 5.41) is 9.57. The van der Waals surface area contributed by atoms with E-state index >= 15 is 0 Å². The van der Waals surface area contributed by atoms with Crippen molar-refractivity contribution in [2.24, 2.45) is 0 Å². The maximum absolute atomic E-state index is 12.6. The van der Waals surface area contributed by atoms with Crippen molar-refractivity contribution in [3.05, 3.63) is 0 Å². The number of ether oxygens (including phenoxy) is 3. The maximum Gasteiger partial charge on any atom is 0.362 e. The highest BCUT2D eigenvalue weighted by atomic mass is 16.6. The predicted octanol–water partition coefficient (Wildman–Crippen LogP) is 10.2. The van der Waals surface area contributed by atoms with Crippen LogP contribution in [0.2, 0.25) is 0 Å². The van der Waals surface area contributed by atoms with Gasteiger partial charge in [-0.2, -0.15) is 0 Å². The molecular formula is C40H78NO7+. The smallest absolute Gasteiger partial charge is 0.362 e. The number of likely N-dealkylation sites (N-methyl/N-ethyl adjacent to an activating group) is 1. The number of carbonyl (C=O) groups is 3. The highest BCUT2D eigenvalue weighted by Crippen LogP contribution is 2.15. The number of hydrogen-bond donors (Lipinski definition) is 1. The van der Waals surface area contributed by atoms with Gasteiger partial charge in [-0.15, -0.1) is 0 Å². The van der Waals surface area contributed by atoms with E-state index in [1.54, 1.807) is 0 Å². The Morgan fingerprint density at radius 3 is 1.29 bits per heavy atom. The van der Waals surface area contributed by atoms with Crippen LogP contribution in [-0.4, -0.2) is 80.6 Å². The molecule has 0 fully saturated rings. The number of carbonyl (C=O) groups excluding carboxylic acids is 2. The van der Waals surface area contributed by atoms with Crippen LogP contribution >= 0.6 is 0 Å². The van der Waals surface area contributed by atoms with Crippen LogP contribution < -0.4 is 0 Å². The number of aliphatic carboxylic acids is 1. The monoisotopic (exact) mass is 685 g/mol. The van der Waals surface area contributed by atoms with Crippen molar-refractivity contribution < 1.29 is 38.2 Å². The minimum Gasteiger partial charge on any atom is -0.477 e. The van der Waals surface area contributed by atoms with Gasteiger partial charge in [-0.1, -0.05) is 155 Å². The lowest BCUT2D eigenvalue weighted by Gasteiger charge is -2.31. The first-order chi connectivity index (χ1) is 23.1. The lowest BCUT2D eigenvalue weighted by atomic mass is 10.0. The van der Waals surface area contributed by atoms with Crippen molar-refractivity contribution in [2.45, 2.75) is 199 Å². The quantitative estimate of drug-likeness (QED) is 0.0398. The van der Waals surface area contributed by atoms with Gasteiger partial charge in [0.15, 0.2) is 12.1 Å². The largest absolute Gasteiger partial charge is 0.477 e. The summed E-state index contributed by atoms with van der Waals surface area (Å²) in [4.78, 5) is 36.7. The Morgan fingerprint density at radius 1 is 0.542 bits per heavy atom. The zero-order valence-corrected chi connectivity index (χ0v) is 32.2. The molecule has 0 spiro atoms. The highest BCUT2D eigenvalue weighted by Gasteiger charge is 2.31. The molecule has 2 unspecified atom stereocenters. The topological polar surface area (TPSA) is 99.1 Å². The van der Waals surface area contributed by atoms with Gasteiger partial charge >= 0.3 is 17.9 Å². The van der Waals surface area contributed by atoms with Gasteiger partial charge in [-0.25, -0.2) is 4.79 Å². The Hall–Kier alpha value is -1.67. The summed E-state index contributed by atoms with van der Waals surface area (Å²) in [7, 11) is 5.52. The first kappa shape index (κ1) is 46.3. The number of quaternary nitrogens is 1. The molecule has 0 rings (SSSR count). The second-order valence-electron chi connectivity index (χ2n) is 14.9. The molecule has 0 saturated heterocycles. The SMILES string of the molecule is CCCCCCCCCCCCCCCCCC(=O)OCC(COCCC(C(=O)O)[N+](C)(C)C)OC(=O)CCCCCCCCCCC. The maximum atomic E-state index is 12.6. The van der Waals surface area contributed by atoms with Gasteiger partial charge in [0.05, 0.1) is 34.4 Å². The van der Waals surface area contributed by atoms with Crippen molar-refractivity contribution in [3.63, 3.8) is 0 Å². The van der Waals surface area contributed by atoms with Crippen LogP contribution in [0.4, 0.5) is 0 Å². The van der Waals surface area contributed by atoms with Crippen molar-refractivity contribution in [3.8, 4) is 0 Å². The molecule has 0 aromatic heterocycles. The summed E-state index contributed by atoms with van der Waals surface area (Å²) in [6, 6.07) is -0.606. The summed E-state index contributed by atoms with van der Waals surface area (Å²) in [6.45, 7) is 4.73. The first-order valence-corrected chi connectivity index (χ1v) is 20.1. The lowest BCUT2D eigenvalue weighted by Crippen LogP contribution is -2.50. The van der Waals surface area contributed by atoms with Crippen LogP contribution in [0, 0.1) is 0 Å². The Balaban J connectivity index is 4.31. The fourth-order valence-electron chi connectivity index (χ4n) is 6.09. The summed E-state index contributed by atoms with van der Waals surface area (Å²) in [5.74, 6) is -1.46. The van der Waals surface area contributed by atoms with Crippen molar-refractivity contribution in [1.82, 2.24) is 0 Å². The Kier molecular flexibility index (Phi) is 31.4. The molecule has 0 aliphatic heterocycles. The molecule has 2 atom stereocenters. The van der Waals surface area contributed by atoms with E-state index in [2.05, 4.69) is 13.8 Å². The third kappa shape index (κ3) is 30.4. The number of nitrogens with zero attached hydrogens (tertiary/aromatic N) is 1.